The van der Waals surface area contributed by atoms with E-state index in [1.54, 1.807) is 0 Å². The van der Waals surface area contributed by atoms with Gasteiger partial charge in [0.25, 0.3) is 0 Å². The minimum absolute atomic E-state index is 0.992. The predicted molar refractivity (Wildman–Crippen MR) is 80.8 cm³/mol. The van der Waals surface area contributed by atoms with Crippen LogP contribution in [0.4, 0.5) is 0 Å². The molecule has 0 bridgehead atoms. The van der Waals surface area contributed by atoms with Crippen LogP contribution >= 0.6 is 0 Å². The quantitative estimate of drug-likeness (QED) is 0.598. The third-order valence-electron chi connectivity index (χ3n) is 3.45. The van der Waals surface area contributed by atoms with Crippen LogP contribution in [0.15, 0.2) is 36.4 Å². The summed E-state index contributed by atoms with van der Waals surface area (Å²) in [5.41, 5.74) is 2.23. The average Bonchev–Trinajstić information content (AvgIpc) is 2.44. The summed E-state index contributed by atoms with van der Waals surface area (Å²) in [6, 6.07) is 12.6. The highest BCUT2D eigenvalue weighted by Crippen LogP contribution is 2.22. The Bertz CT molecular complexity index is 656. The van der Waals surface area contributed by atoms with Gasteiger partial charge >= 0.3 is 0 Å². The highest BCUT2D eigenvalue weighted by molar-refractivity contribution is 5.93. The summed E-state index contributed by atoms with van der Waals surface area (Å²) in [5.74, 6) is 13.3. The van der Waals surface area contributed by atoms with Crippen LogP contribution in [0, 0.1) is 23.7 Å². The van der Waals surface area contributed by atoms with E-state index in [1.165, 1.54) is 30.0 Å². The molecule has 0 unspecified atom stereocenters. The van der Waals surface area contributed by atoms with E-state index in [1.807, 2.05) is 0 Å². The Kier molecular flexibility index (Phi) is 3.53. The van der Waals surface area contributed by atoms with Crippen LogP contribution in [0.1, 0.15) is 43.2 Å². The van der Waals surface area contributed by atoms with Crippen molar-refractivity contribution in [2.45, 2.75) is 32.1 Å². The van der Waals surface area contributed by atoms with Gasteiger partial charge in [-0.1, -0.05) is 54.4 Å². The zero-order valence-corrected chi connectivity index (χ0v) is 11.0. The van der Waals surface area contributed by atoms with E-state index in [-0.39, 0.29) is 0 Å². The van der Waals surface area contributed by atoms with Gasteiger partial charge in [-0.25, -0.2) is 0 Å². The van der Waals surface area contributed by atoms with Crippen molar-refractivity contribution < 1.29 is 0 Å². The molecule has 1 aliphatic carbocycles. The molecule has 0 N–H and O–H groups in total. The van der Waals surface area contributed by atoms with Crippen molar-refractivity contribution >= 4 is 10.8 Å². The van der Waals surface area contributed by atoms with E-state index < -0.39 is 0 Å². The lowest BCUT2D eigenvalue weighted by atomic mass is 9.99. The van der Waals surface area contributed by atoms with Crippen LogP contribution in [0.25, 0.3) is 10.8 Å². The number of hydrogen-bond acceptors (Lipinski definition) is 0. The van der Waals surface area contributed by atoms with Crippen LogP contribution in [0.5, 0.6) is 0 Å². The van der Waals surface area contributed by atoms with Gasteiger partial charge in [0.05, 0.1) is 0 Å². The Balaban J connectivity index is 2.23. The van der Waals surface area contributed by atoms with Crippen LogP contribution in [-0.2, 0) is 0 Å². The number of rotatable bonds is 0. The van der Waals surface area contributed by atoms with Crippen molar-refractivity contribution in [3.63, 3.8) is 0 Å². The normalized spacial score (nSPS) is 14.3. The Labute approximate surface area is 114 Å². The van der Waals surface area contributed by atoms with Crippen molar-refractivity contribution in [2.75, 3.05) is 0 Å². The van der Waals surface area contributed by atoms with Gasteiger partial charge in [-0.15, -0.1) is 0 Å². The van der Waals surface area contributed by atoms with Gasteiger partial charge in [0.15, 0.2) is 0 Å². The second kappa shape index (κ2) is 5.64. The molecule has 92 valence electrons. The molecule has 0 heteroatoms. The molecule has 0 fully saturated rings. The first-order valence-corrected chi connectivity index (χ1v) is 6.95. The van der Waals surface area contributed by atoms with Crippen molar-refractivity contribution in [3.05, 3.63) is 47.5 Å². The third kappa shape index (κ3) is 2.64. The van der Waals surface area contributed by atoms with E-state index >= 15 is 0 Å². The molecule has 1 aliphatic rings. The maximum atomic E-state index is 3.33. The van der Waals surface area contributed by atoms with E-state index in [4.69, 9.17) is 0 Å². The number of benzene rings is 2. The molecule has 0 aromatic heterocycles. The van der Waals surface area contributed by atoms with E-state index in [0.717, 1.165) is 24.0 Å². The van der Waals surface area contributed by atoms with Crippen molar-refractivity contribution in [3.8, 4) is 23.7 Å². The van der Waals surface area contributed by atoms with Gasteiger partial charge in [0.1, 0.15) is 0 Å². The van der Waals surface area contributed by atoms with E-state index in [9.17, 15) is 0 Å². The molecule has 0 atom stereocenters. The molecule has 0 saturated carbocycles. The Hall–Kier alpha value is -2.18. The van der Waals surface area contributed by atoms with Crippen LogP contribution in [-0.4, -0.2) is 0 Å². The fourth-order valence-electron chi connectivity index (χ4n) is 2.47. The highest BCUT2D eigenvalue weighted by Gasteiger charge is 2.03. The summed E-state index contributed by atoms with van der Waals surface area (Å²) in [6.45, 7) is 0. The summed E-state index contributed by atoms with van der Waals surface area (Å²) in [4.78, 5) is 0. The zero-order valence-electron chi connectivity index (χ0n) is 11.0. The molecular formula is C19H16. The van der Waals surface area contributed by atoms with Gasteiger partial charge in [0, 0.05) is 29.4 Å². The molecule has 0 saturated heterocycles. The molecule has 19 heavy (non-hydrogen) atoms. The molecule has 0 radical (unpaired) electrons. The van der Waals surface area contributed by atoms with E-state index in [2.05, 4.69) is 60.1 Å². The number of hydrogen-bond donors (Lipinski definition) is 0. The fraction of sp³-hybridized carbons (Fsp3) is 0.263. The molecule has 0 spiro atoms. The third-order valence-corrected chi connectivity index (χ3v) is 3.45. The second-order valence-electron chi connectivity index (χ2n) is 4.87. The summed E-state index contributed by atoms with van der Waals surface area (Å²) in [5, 5.41) is 2.45. The van der Waals surface area contributed by atoms with Gasteiger partial charge in [-0.3, -0.25) is 0 Å². The molecule has 0 amide bonds. The first kappa shape index (κ1) is 11.9. The van der Waals surface area contributed by atoms with Crippen molar-refractivity contribution in [1.29, 1.82) is 0 Å². The monoisotopic (exact) mass is 244 g/mol. The second-order valence-corrected chi connectivity index (χ2v) is 4.87. The van der Waals surface area contributed by atoms with Crippen LogP contribution in [0.2, 0.25) is 0 Å². The van der Waals surface area contributed by atoms with Gasteiger partial charge in [-0.2, -0.15) is 0 Å². The first-order valence-electron chi connectivity index (χ1n) is 6.95. The topological polar surface area (TPSA) is 0 Å². The van der Waals surface area contributed by atoms with Gasteiger partial charge in [0.2, 0.25) is 0 Å². The summed E-state index contributed by atoms with van der Waals surface area (Å²) in [7, 11) is 0. The maximum Gasteiger partial charge on any atom is 0.0336 e. The molecule has 0 heterocycles. The standard InChI is InChI=1S/C19H16/c1-2-4-6-10-16-12-8-14-18-15-9-13-17(19(16)18)11-7-5-3-1/h8-9,12-15H,1-5H2. The van der Waals surface area contributed by atoms with Gasteiger partial charge in [-0.05, 0) is 30.4 Å². The summed E-state index contributed by atoms with van der Waals surface area (Å²) >= 11 is 0. The molecule has 0 aliphatic heterocycles. The highest BCUT2D eigenvalue weighted by atomic mass is 14.0. The maximum absolute atomic E-state index is 3.33. The average molecular weight is 244 g/mol. The summed E-state index contributed by atoms with van der Waals surface area (Å²) in [6.07, 6.45) is 5.59. The lowest BCUT2D eigenvalue weighted by molar-refractivity contribution is 0.709. The Morgan fingerprint density at radius 2 is 1.26 bits per heavy atom. The Morgan fingerprint density at radius 3 is 1.84 bits per heavy atom. The Morgan fingerprint density at radius 1 is 0.684 bits per heavy atom. The van der Waals surface area contributed by atoms with Crippen molar-refractivity contribution in [2.24, 2.45) is 0 Å². The molecular weight excluding hydrogens is 228 g/mol. The lowest BCUT2D eigenvalue weighted by Gasteiger charge is -2.04. The van der Waals surface area contributed by atoms with E-state index in [0.29, 0.717) is 0 Å². The largest absolute Gasteiger partial charge is 0.0979 e. The fourth-order valence-corrected chi connectivity index (χ4v) is 2.47. The lowest BCUT2D eigenvalue weighted by Crippen LogP contribution is -1.86. The SMILES string of the molecule is C1#Cc2cccc3cccc(c23)C#CCCCCC1. The van der Waals surface area contributed by atoms with Crippen LogP contribution < -0.4 is 0 Å². The molecule has 3 rings (SSSR count). The first-order chi connectivity index (χ1) is 9.45. The zero-order chi connectivity index (χ0) is 12.9. The minimum Gasteiger partial charge on any atom is -0.0979 e. The predicted octanol–water partition coefficient (Wildman–Crippen LogP) is 4.51. The van der Waals surface area contributed by atoms with Crippen molar-refractivity contribution in [1.82, 2.24) is 0 Å². The van der Waals surface area contributed by atoms with Crippen LogP contribution in [0.3, 0.4) is 0 Å². The molecule has 2 aromatic rings. The smallest absolute Gasteiger partial charge is 0.0336 e. The minimum atomic E-state index is 0.992. The molecule has 2 aromatic carbocycles. The molecule has 0 nitrogen and oxygen atoms in total. The summed E-state index contributed by atoms with van der Waals surface area (Å²) < 4.78 is 0. The van der Waals surface area contributed by atoms with Gasteiger partial charge < -0.3 is 0 Å².